The third-order valence-electron chi connectivity index (χ3n) is 4.69. The molecule has 0 radical (unpaired) electrons. The summed E-state index contributed by atoms with van der Waals surface area (Å²) in [5.74, 6) is -1.16. The number of halogens is 1. The molecule has 3 heterocycles. The second kappa shape index (κ2) is 6.21. The van der Waals surface area contributed by atoms with Crippen LogP contribution in [-0.4, -0.2) is 43.0 Å². The number of benzene rings is 1. The van der Waals surface area contributed by atoms with Crippen LogP contribution in [0.4, 0.5) is 0 Å². The molecule has 0 aliphatic carbocycles. The van der Waals surface area contributed by atoms with Crippen molar-refractivity contribution in [3.63, 3.8) is 0 Å². The molecule has 0 saturated carbocycles. The lowest BCUT2D eigenvalue weighted by molar-refractivity contribution is 0.0671. The number of fused-ring (bicyclic) bond motifs is 2. The Morgan fingerprint density at radius 3 is 2.88 bits per heavy atom. The predicted molar refractivity (Wildman–Crippen MR) is 97.2 cm³/mol. The van der Waals surface area contributed by atoms with E-state index in [9.17, 15) is 14.7 Å². The molecule has 1 atom stereocenters. The molecule has 132 valence electrons. The maximum absolute atomic E-state index is 13.0. The number of carbonyl (C=O) groups is 2. The summed E-state index contributed by atoms with van der Waals surface area (Å²) in [7, 11) is 0. The largest absolute Gasteiger partial charge is 0.478 e. The zero-order valence-electron chi connectivity index (χ0n) is 13.9. The van der Waals surface area contributed by atoms with Crippen molar-refractivity contribution in [3.05, 3.63) is 63.5 Å². The summed E-state index contributed by atoms with van der Waals surface area (Å²) < 4.78 is 2.33. The standard InChI is InChI=1S/C18H15BrN4O3/c1-10-14-6-12(18(25)26)3-2-11(14)4-5-22(10)17(24)15-7-16-20-8-13(19)9-23(16)21-15/h2-3,6-10H,4-5H2,1H3,(H,25,26). The van der Waals surface area contributed by atoms with Crippen LogP contribution >= 0.6 is 15.9 Å². The Hall–Kier alpha value is -2.74. The van der Waals surface area contributed by atoms with Crippen LogP contribution in [0.15, 0.2) is 41.1 Å². The molecule has 8 heteroatoms. The fourth-order valence-corrected chi connectivity index (χ4v) is 3.63. The molecule has 1 aliphatic heterocycles. The molecular formula is C18H15BrN4O3. The van der Waals surface area contributed by atoms with E-state index in [1.165, 1.54) is 0 Å². The van der Waals surface area contributed by atoms with E-state index in [-0.39, 0.29) is 17.5 Å². The molecule has 1 N–H and O–H groups in total. The molecule has 3 aromatic rings. The second-order valence-corrected chi connectivity index (χ2v) is 7.16. The summed E-state index contributed by atoms with van der Waals surface area (Å²) in [6.07, 6.45) is 4.08. The van der Waals surface area contributed by atoms with E-state index in [0.29, 0.717) is 24.3 Å². The van der Waals surface area contributed by atoms with Gasteiger partial charge in [0.1, 0.15) is 0 Å². The van der Waals surface area contributed by atoms with Gasteiger partial charge >= 0.3 is 5.97 Å². The fraction of sp³-hybridized carbons (Fsp3) is 0.222. The van der Waals surface area contributed by atoms with Crippen molar-refractivity contribution < 1.29 is 14.7 Å². The van der Waals surface area contributed by atoms with Gasteiger partial charge in [-0.05, 0) is 52.5 Å². The average molecular weight is 415 g/mol. The molecule has 1 unspecified atom stereocenters. The van der Waals surface area contributed by atoms with Crippen molar-refractivity contribution in [1.82, 2.24) is 19.5 Å². The topological polar surface area (TPSA) is 87.8 Å². The lowest BCUT2D eigenvalue weighted by Gasteiger charge is -2.35. The van der Waals surface area contributed by atoms with E-state index in [4.69, 9.17) is 0 Å². The van der Waals surface area contributed by atoms with Gasteiger partial charge < -0.3 is 10.0 Å². The minimum Gasteiger partial charge on any atom is -0.478 e. The van der Waals surface area contributed by atoms with E-state index in [2.05, 4.69) is 26.0 Å². The van der Waals surface area contributed by atoms with Gasteiger partial charge in [0.2, 0.25) is 0 Å². The van der Waals surface area contributed by atoms with Crippen molar-refractivity contribution in [3.8, 4) is 0 Å². The highest BCUT2D eigenvalue weighted by molar-refractivity contribution is 9.10. The van der Waals surface area contributed by atoms with Crippen molar-refractivity contribution in [2.75, 3.05) is 6.54 Å². The Morgan fingerprint density at radius 2 is 2.12 bits per heavy atom. The number of carbonyl (C=O) groups excluding carboxylic acids is 1. The highest BCUT2D eigenvalue weighted by Gasteiger charge is 2.30. The van der Waals surface area contributed by atoms with Crippen LogP contribution in [0, 0.1) is 0 Å². The Morgan fingerprint density at radius 1 is 1.31 bits per heavy atom. The summed E-state index contributed by atoms with van der Waals surface area (Å²) in [5, 5.41) is 13.5. The molecule has 0 bridgehead atoms. The SMILES string of the molecule is CC1c2cc(C(=O)O)ccc2CCN1C(=O)c1cc2ncc(Br)cn2n1. The van der Waals surface area contributed by atoms with Gasteiger partial charge in [0, 0.05) is 25.0 Å². The quantitative estimate of drug-likeness (QED) is 0.696. The third-order valence-corrected chi connectivity index (χ3v) is 5.10. The fourth-order valence-electron chi connectivity index (χ4n) is 3.33. The first kappa shape index (κ1) is 16.7. The Kier molecular flexibility index (Phi) is 3.99. The summed E-state index contributed by atoms with van der Waals surface area (Å²) in [4.78, 5) is 30.2. The zero-order valence-corrected chi connectivity index (χ0v) is 15.5. The van der Waals surface area contributed by atoms with E-state index >= 15 is 0 Å². The Bertz CT molecular complexity index is 1050. The van der Waals surface area contributed by atoms with E-state index in [1.54, 1.807) is 40.0 Å². The summed E-state index contributed by atoms with van der Waals surface area (Å²) >= 11 is 3.33. The number of amides is 1. The second-order valence-electron chi connectivity index (χ2n) is 6.25. The van der Waals surface area contributed by atoms with Crippen LogP contribution in [0.2, 0.25) is 0 Å². The molecule has 7 nitrogen and oxygen atoms in total. The number of hydrogen-bond donors (Lipinski definition) is 1. The van der Waals surface area contributed by atoms with E-state index in [1.807, 2.05) is 13.0 Å². The van der Waals surface area contributed by atoms with E-state index < -0.39 is 5.97 Å². The van der Waals surface area contributed by atoms with Gasteiger partial charge in [-0.3, -0.25) is 4.79 Å². The number of hydrogen-bond acceptors (Lipinski definition) is 4. The molecule has 0 saturated heterocycles. The summed E-state index contributed by atoms with van der Waals surface area (Å²) in [5.41, 5.74) is 3.09. The van der Waals surface area contributed by atoms with Gasteiger partial charge in [-0.1, -0.05) is 6.07 Å². The van der Waals surface area contributed by atoms with Crippen LogP contribution < -0.4 is 0 Å². The first-order valence-electron chi connectivity index (χ1n) is 8.12. The number of rotatable bonds is 2. The van der Waals surface area contributed by atoms with Crippen molar-refractivity contribution >= 4 is 33.5 Å². The van der Waals surface area contributed by atoms with Crippen LogP contribution in [0.5, 0.6) is 0 Å². The molecule has 1 aromatic carbocycles. The first-order chi connectivity index (χ1) is 12.4. The first-order valence-corrected chi connectivity index (χ1v) is 8.91. The minimum atomic E-state index is -0.972. The molecule has 4 rings (SSSR count). The highest BCUT2D eigenvalue weighted by Crippen LogP contribution is 2.31. The molecule has 1 aliphatic rings. The van der Waals surface area contributed by atoms with Gasteiger partial charge in [0.15, 0.2) is 11.3 Å². The zero-order chi connectivity index (χ0) is 18.4. The van der Waals surface area contributed by atoms with Crippen molar-refractivity contribution in [1.29, 1.82) is 0 Å². The monoisotopic (exact) mass is 414 g/mol. The third kappa shape index (κ3) is 2.76. The van der Waals surface area contributed by atoms with Crippen LogP contribution in [0.25, 0.3) is 5.65 Å². The van der Waals surface area contributed by atoms with Crippen molar-refractivity contribution in [2.45, 2.75) is 19.4 Å². The van der Waals surface area contributed by atoms with Gasteiger partial charge in [-0.2, -0.15) is 5.10 Å². The van der Waals surface area contributed by atoms with Crippen LogP contribution in [-0.2, 0) is 6.42 Å². The number of nitrogens with zero attached hydrogens (tertiary/aromatic N) is 4. The number of carboxylic acids is 1. The average Bonchev–Trinajstić information content (AvgIpc) is 3.04. The van der Waals surface area contributed by atoms with Crippen LogP contribution in [0.3, 0.4) is 0 Å². The molecule has 2 aromatic heterocycles. The highest BCUT2D eigenvalue weighted by atomic mass is 79.9. The number of aromatic carboxylic acids is 1. The smallest absolute Gasteiger partial charge is 0.335 e. The van der Waals surface area contributed by atoms with Gasteiger partial charge in [0.25, 0.3) is 5.91 Å². The normalized spacial score (nSPS) is 16.5. The van der Waals surface area contributed by atoms with E-state index in [0.717, 1.165) is 15.6 Å². The van der Waals surface area contributed by atoms with Gasteiger partial charge in [-0.15, -0.1) is 0 Å². The number of aromatic nitrogens is 3. The minimum absolute atomic E-state index is 0.189. The molecule has 1 amide bonds. The lowest BCUT2D eigenvalue weighted by Crippen LogP contribution is -2.39. The summed E-state index contributed by atoms with van der Waals surface area (Å²) in [6, 6.07) is 6.53. The van der Waals surface area contributed by atoms with Crippen molar-refractivity contribution in [2.24, 2.45) is 0 Å². The molecule has 26 heavy (non-hydrogen) atoms. The van der Waals surface area contributed by atoms with Gasteiger partial charge in [0.05, 0.1) is 16.1 Å². The maximum Gasteiger partial charge on any atom is 0.335 e. The predicted octanol–water partition coefficient (Wildman–Crippen LogP) is 2.95. The Balaban J connectivity index is 1.68. The molecule has 0 fully saturated rings. The maximum atomic E-state index is 13.0. The van der Waals surface area contributed by atoms with Gasteiger partial charge in [-0.25, -0.2) is 14.3 Å². The number of carboxylic acid groups (broad SMARTS) is 1. The molecule has 0 spiro atoms. The van der Waals surface area contributed by atoms with Crippen LogP contribution in [0.1, 0.15) is 44.9 Å². The lowest BCUT2D eigenvalue weighted by atomic mass is 9.91. The molecular weight excluding hydrogens is 400 g/mol. The summed E-state index contributed by atoms with van der Waals surface area (Å²) in [6.45, 7) is 2.47. The Labute approximate surface area is 157 Å².